The lowest BCUT2D eigenvalue weighted by Crippen LogP contribution is -2.48. The maximum absolute atomic E-state index is 12.6. The molecule has 2 fully saturated rings. The normalized spacial score (nSPS) is 23.1. The van der Waals surface area contributed by atoms with Crippen molar-refractivity contribution in [2.75, 3.05) is 46.3 Å². The third kappa shape index (κ3) is 7.66. The van der Waals surface area contributed by atoms with E-state index >= 15 is 0 Å². The van der Waals surface area contributed by atoms with E-state index in [0.717, 1.165) is 26.1 Å². The van der Waals surface area contributed by atoms with Crippen molar-refractivity contribution >= 4 is 40.0 Å². The van der Waals surface area contributed by atoms with Gasteiger partial charge in [-0.05, 0) is 44.6 Å². The summed E-state index contributed by atoms with van der Waals surface area (Å²) in [5.41, 5.74) is -5.23. The highest BCUT2D eigenvalue weighted by molar-refractivity contribution is 14.0. The lowest BCUT2D eigenvalue weighted by atomic mass is 9.98. The van der Waals surface area contributed by atoms with Crippen LogP contribution in [-0.2, 0) is 10.0 Å². The zero-order valence-electron chi connectivity index (χ0n) is 17.7. The summed E-state index contributed by atoms with van der Waals surface area (Å²) in [5, 5.41) is 6.51. The molecule has 2 heterocycles. The molecule has 0 saturated carbocycles. The van der Waals surface area contributed by atoms with E-state index in [9.17, 15) is 21.6 Å². The highest BCUT2D eigenvalue weighted by Crippen LogP contribution is 2.30. The topological polar surface area (TPSA) is 77.0 Å². The van der Waals surface area contributed by atoms with Crippen molar-refractivity contribution in [3.63, 3.8) is 0 Å². The fourth-order valence-electron chi connectivity index (χ4n) is 4.10. The van der Waals surface area contributed by atoms with Crippen LogP contribution in [-0.4, -0.2) is 81.4 Å². The van der Waals surface area contributed by atoms with Crippen LogP contribution in [0, 0.1) is 5.92 Å². The van der Waals surface area contributed by atoms with Gasteiger partial charge >= 0.3 is 15.5 Å². The number of sulfonamides is 1. The Balaban J connectivity index is 0.00000450. The summed E-state index contributed by atoms with van der Waals surface area (Å²) >= 11 is 0. The molecular formula is C18H35F3IN5O2S. The standard InChI is InChI=1S/C18H34F3N5O2S.HI/c1-3-16-6-4-5-10-25(16)13-9-23-17(22-2)24-14-15-7-11-26(12-8-15)29(27,28)18(19,20)21;/h15-16H,3-14H2,1-2H3,(H2,22,23,24);1H. The molecule has 0 aliphatic carbocycles. The second-order valence-electron chi connectivity index (χ2n) is 7.77. The monoisotopic (exact) mass is 569 g/mol. The number of likely N-dealkylation sites (tertiary alicyclic amines) is 1. The Morgan fingerprint density at radius 2 is 1.77 bits per heavy atom. The summed E-state index contributed by atoms with van der Waals surface area (Å²) in [6.07, 6.45) is 5.75. The van der Waals surface area contributed by atoms with Crippen molar-refractivity contribution in [3.8, 4) is 0 Å². The fraction of sp³-hybridized carbons (Fsp3) is 0.944. The van der Waals surface area contributed by atoms with Crippen LogP contribution in [0.5, 0.6) is 0 Å². The van der Waals surface area contributed by atoms with Gasteiger partial charge in [-0.2, -0.15) is 17.5 Å². The molecule has 30 heavy (non-hydrogen) atoms. The number of halogens is 4. The number of nitrogens with one attached hydrogen (secondary N) is 2. The van der Waals surface area contributed by atoms with Gasteiger partial charge in [0.1, 0.15) is 0 Å². The summed E-state index contributed by atoms with van der Waals surface area (Å²) in [7, 11) is -3.53. The third-order valence-corrected chi connectivity index (χ3v) is 7.53. The molecule has 2 aliphatic rings. The van der Waals surface area contributed by atoms with Crippen LogP contribution in [0.15, 0.2) is 4.99 Å². The van der Waals surface area contributed by atoms with E-state index in [4.69, 9.17) is 0 Å². The van der Waals surface area contributed by atoms with Crippen molar-refractivity contribution in [1.82, 2.24) is 19.8 Å². The molecule has 0 bridgehead atoms. The van der Waals surface area contributed by atoms with Gasteiger partial charge in [0.05, 0.1) is 0 Å². The first-order chi connectivity index (χ1) is 13.7. The molecule has 0 amide bonds. The highest BCUT2D eigenvalue weighted by Gasteiger charge is 2.50. The van der Waals surface area contributed by atoms with E-state index in [1.807, 2.05) is 0 Å². The molecule has 0 radical (unpaired) electrons. The molecule has 2 rings (SSSR count). The average molecular weight is 569 g/mol. The molecule has 1 atom stereocenters. The number of hydrogen-bond donors (Lipinski definition) is 2. The van der Waals surface area contributed by atoms with E-state index in [1.54, 1.807) is 7.05 Å². The minimum absolute atomic E-state index is 0. The molecule has 0 spiro atoms. The average Bonchev–Trinajstić information content (AvgIpc) is 2.70. The second-order valence-corrected chi connectivity index (χ2v) is 9.70. The van der Waals surface area contributed by atoms with Gasteiger partial charge in [-0.25, -0.2) is 8.42 Å². The zero-order chi connectivity index (χ0) is 21.5. The van der Waals surface area contributed by atoms with Crippen molar-refractivity contribution in [2.24, 2.45) is 10.9 Å². The first kappa shape index (κ1) is 27.7. The maximum Gasteiger partial charge on any atom is 0.511 e. The smallest absolute Gasteiger partial charge is 0.356 e. The Labute approximate surface area is 195 Å². The molecule has 12 heteroatoms. The Morgan fingerprint density at radius 3 is 2.33 bits per heavy atom. The lowest BCUT2D eigenvalue weighted by Gasteiger charge is -2.35. The van der Waals surface area contributed by atoms with E-state index in [0.29, 0.717) is 35.7 Å². The number of rotatable bonds is 7. The predicted octanol–water partition coefficient (Wildman–Crippen LogP) is 2.60. The molecular weight excluding hydrogens is 534 g/mol. The van der Waals surface area contributed by atoms with Gasteiger partial charge in [0.2, 0.25) is 0 Å². The zero-order valence-corrected chi connectivity index (χ0v) is 20.9. The largest absolute Gasteiger partial charge is 0.511 e. The first-order valence-electron chi connectivity index (χ1n) is 10.4. The first-order valence-corrected chi connectivity index (χ1v) is 11.9. The molecule has 0 aromatic carbocycles. The van der Waals surface area contributed by atoms with E-state index in [-0.39, 0.29) is 43.0 Å². The van der Waals surface area contributed by atoms with Gasteiger partial charge in [-0.3, -0.25) is 9.89 Å². The van der Waals surface area contributed by atoms with Gasteiger partial charge in [-0.1, -0.05) is 13.3 Å². The van der Waals surface area contributed by atoms with Crippen LogP contribution >= 0.6 is 24.0 Å². The number of aliphatic imine (C=N–C) groups is 1. The number of hydrogen-bond acceptors (Lipinski definition) is 4. The molecule has 1 unspecified atom stereocenters. The summed E-state index contributed by atoms with van der Waals surface area (Å²) in [4.78, 5) is 6.72. The van der Waals surface area contributed by atoms with E-state index in [1.165, 1.54) is 19.3 Å². The molecule has 2 saturated heterocycles. The molecule has 0 aromatic heterocycles. The van der Waals surface area contributed by atoms with Gasteiger partial charge in [0, 0.05) is 45.8 Å². The molecule has 2 aliphatic heterocycles. The minimum atomic E-state index is -5.23. The predicted molar refractivity (Wildman–Crippen MR) is 124 cm³/mol. The van der Waals surface area contributed by atoms with Crippen LogP contribution in [0.2, 0.25) is 0 Å². The minimum Gasteiger partial charge on any atom is -0.356 e. The summed E-state index contributed by atoms with van der Waals surface area (Å²) in [6, 6.07) is 0.652. The van der Waals surface area contributed by atoms with Gasteiger partial charge in [0.15, 0.2) is 5.96 Å². The van der Waals surface area contributed by atoms with Crippen LogP contribution in [0.1, 0.15) is 45.4 Å². The molecule has 178 valence electrons. The maximum atomic E-state index is 12.6. The van der Waals surface area contributed by atoms with Crippen molar-refractivity contribution in [1.29, 1.82) is 0 Å². The number of alkyl halides is 3. The number of nitrogens with zero attached hydrogens (tertiary/aromatic N) is 3. The summed E-state index contributed by atoms with van der Waals surface area (Å²) in [5.74, 6) is 0.778. The number of guanidine groups is 1. The summed E-state index contributed by atoms with van der Waals surface area (Å²) in [6.45, 7) is 5.43. The fourth-order valence-corrected chi connectivity index (χ4v) is 5.08. The van der Waals surface area contributed by atoms with Crippen molar-refractivity contribution < 1.29 is 21.6 Å². The van der Waals surface area contributed by atoms with Gasteiger partial charge in [0.25, 0.3) is 0 Å². The molecule has 0 aromatic rings. The van der Waals surface area contributed by atoms with Crippen LogP contribution < -0.4 is 10.6 Å². The number of piperidine rings is 2. The third-order valence-electron chi connectivity index (χ3n) is 5.90. The van der Waals surface area contributed by atoms with Crippen molar-refractivity contribution in [3.05, 3.63) is 0 Å². The Hall–Kier alpha value is -0.340. The van der Waals surface area contributed by atoms with E-state index in [2.05, 4.69) is 27.4 Å². The SMILES string of the molecule is CCC1CCCCN1CCNC(=NC)NCC1CCN(S(=O)(=O)C(F)(F)F)CC1.I. The molecule has 2 N–H and O–H groups in total. The van der Waals surface area contributed by atoms with Gasteiger partial charge < -0.3 is 10.6 Å². The van der Waals surface area contributed by atoms with Crippen LogP contribution in [0.3, 0.4) is 0 Å². The Bertz CT molecular complexity index is 640. The second kappa shape index (κ2) is 12.6. The Morgan fingerprint density at radius 1 is 1.10 bits per heavy atom. The van der Waals surface area contributed by atoms with Crippen molar-refractivity contribution in [2.45, 2.75) is 57.0 Å². The van der Waals surface area contributed by atoms with Crippen LogP contribution in [0.4, 0.5) is 13.2 Å². The Kier molecular flexibility index (Phi) is 11.7. The highest BCUT2D eigenvalue weighted by atomic mass is 127. The van der Waals surface area contributed by atoms with E-state index < -0.39 is 15.5 Å². The quantitative estimate of drug-likeness (QED) is 0.280. The summed E-state index contributed by atoms with van der Waals surface area (Å²) < 4.78 is 61.4. The molecule has 7 nitrogen and oxygen atoms in total. The van der Waals surface area contributed by atoms with Gasteiger partial charge in [-0.15, -0.1) is 24.0 Å². The van der Waals surface area contributed by atoms with Crippen LogP contribution in [0.25, 0.3) is 0 Å². The lowest BCUT2D eigenvalue weighted by molar-refractivity contribution is -0.0496.